The molecule has 1 aliphatic heterocycles. The summed E-state index contributed by atoms with van der Waals surface area (Å²) in [5, 5.41) is 0. The van der Waals surface area contributed by atoms with Crippen LogP contribution < -0.4 is 0 Å². The van der Waals surface area contributed by atoms with Gasteiger partial charge in [0.1, 0.15) is 17.7 Å². The predicted molar refractivity (Wildman–Crippen MR) is 125 cm³/mol. The van der Waals surface area contributed by atoms with Gasteiger partial charge in [0.15, 0.2) is 0 Å². The smallest absolute Gasteiger partial charge is 0.306 e. The van der Waals surface area contributed by atoms with Gasteiger partial charge in [0, 0.05) is 26.1 Å². The highest BCUT2D eigenvalue weighted by Gasteiger charge is 2.29. The highest BCUT2D eigenvalue weighted by atomic mass is 19.1. The third kappa shape index (κ3) is 7.61. The molecule has 0 spiro atoms. The molecule has 1 aliphatic rings. The average molecular weight is 460 g/mol. The van der Waals surface area contributed by atoms with Crippen LogP contribution in [0, 0.1) is 23.5 Å². The van der Waals surface area contributed by atoms with Crippen LogP contribution in [0.4, 0.5) is 8.78 Å². The highest BCUT2D eigenvalue weighted by molar-refractivity contribution is 5.69. The number of likely N-dealkylation sites (tertiary alicyclic amines) is 1. The lowest BCUT2D eigenvalue weighted by Crippen LogP contribution is -2.41. The summed E-state index contributed by atoms with van der Waals surface area (Å²) in [5.41, 5.74) is 1.68. The fourth-order valence-electron chi connectivity index (χ4n) is 4.67. The first-order valence-corrected chi connectivity index (χ1v) is 12.0. The molecule has 1 heterocycles. The molecule has 1 fully saturated rings. The molecule has 0 saturated carbocycles. The van der Waals surface area contributed by atoms with Crippen LogP contribution in [0.2, 0.25) is 0 Å². The van der Waals surface area contributed by atoms with Gasteiger partial charge in [-0.25, -0.2) is 8.78 Å². The van der Waals surface area contributed by atoms with Crippen LogP contribution in [-0.2, 0) is 14.3 Å². The second-order valence-corrected chi connectivity index (χ2v) is 8.73. The lowest BCUT2D eigenvalue weighted by atomic mass is 9.81. The van der Waals surface area contributed by atoms with Crippen molar-refractivity contribution in [2.75, 3.05) is 32.8 Å². The summed E-state index contributed by atoms with van der Waals surface area (Å²) in [4.78, 5) is 14.4. The van der Waals surface area contributed by atoms with Crippen LogP contribution in [-0.4, -0.2) is 43.7 Å². The molecule has 2 aromatic rings. The first-order valence-electron chi connectivity index (χ1n) is 12.0. The summed E-state index contributed by atoms with van der Waals surface area (Å²) in [5.74, 6) is 0.204. The fraction of sp³-hybridized carbons (Fsp3) is 0.519. The minimum atomic E-state index is -0.370. The first-order chi connectivity index (χ1) is 16.0. The largest absolute Gasteiger partial charge is 0.466 e. The van der Waals surface area contributed by atoms with E-state index in [0.29, 0.717) is 31.5 Å². The number of hydrogen-bond donors (Lipinski definition) is 0. The van der Waals surface area contributed by atoms with Gasteiger partial charge in [-0.05, 0) is 73.5 Å². The van der Waals surface area contributed by atoms with Gasteiger partial charge in [-0.2, -0.15) is 0 Å². The molecule has 33 heavy (non-hydrogen) atoms. The van der Waals surface area contributed by atoms with Crippen LogP contribution in [0.15, 0.2) is 48.5 Å². The Morgan fingerprint density at radius 2 is 1.61 bits per heavy atom. The van der Waals surface area contributed by atoms with Crippen LogP contribution in [0.5, 0.6) is 0 Å². The first kappa shape index (κ1) is 25.3. The molecular formula is C27H35F2NO3. The Morgan fingerprint density at radius 3 is 2.15 bits per heavy atom. The molecule has 3 rings (SSSR count). The monoisotopic (exact) mass is 459 g/mol. The molecule has 0 amide bonds. The minimum Gasteiger partial charge on any atom is -0.466 e. The van der Waals surface area contributed by atoms with Gasteiger partial charge in [0.2, 0.25) is 0 Å². The molecule has 6 heteroatoms. The molecule has 1 saturated heterocycles. The van der Waals surface area contributed by atoms with Gasteiger partial charge < -0.3 is 14.4 Å². The number of hydrogen-bond acceptors (Lipinski definition) is 4. The number of esters is 1. The molecule has 0 aliphatic carbocycles. The fourth-order valence-corrected chi connectivity index (χ4v) is 4.67. The Hall–Kier alpha value is -2.31. The van der Waals surface area contributed by atoms with E-state index in [1.165, 1.54) is 24.3 Å². The number of ether oxygens (including phenoxy) is 2. The van der Waals surface area contributed by atoms with Crippen molar-refractivity contribution >= 4 is 5.97 Å². The summed E-state index contributed by atoms with van der Waals surface area (Å²) in [6.07, 6.45) is 3.06. The molecule has 0 N–H and O–H groups in total. The Bertz CT molecular complexity index is 811. The summed E-state index contributed by atoms with van der Waals surface area (Å²) in [6, 6.07) is 12.5. The Balaban J connectivity index is 1.51. The Kier molecular flexibility index (Phi) is 9.82. The zero-order valence-electron chi connectivity index (χ0n) is 19.6. The number of halogens is 2. The summed E-state index contributed by atoms with van der Waals surface area (Å²) < 4.78 is 38.1. The van der Waals surface area contributed by atoms with Crippen LogP contribution in [0.25, 0.3) is 0 Å². The van der Waals surface area contributed by atoms with E-state index in [1.54, 1.807) is 24.3 Å². The van der Waals surface area contributed by atoms with E-state index in [4.69, 9.17) is 9.47 Å². The van der Waals surface area contributed by atoms with Crippen molar-refractivity contribution in [3.8, 4) is 0 Å². The predicted octanol–water partition coefficient (Wildman–Crippen LogP) is 5.76. The number of benzene rings is 2. The van der Waals surface area contributed by atoms with Crippen molar-refractivity contribution in [1.82, 2.24) is 4.90 Å². The number of carbonyl (C=O) groups excluding carboxylic acids is 1. The maximum Gasteiger partial charge on any atom is 0.306 e. The summed E-state index contributed by atoms with van der Waals surface area (Å²) in [6.45, 7) is 7.88. The molecule has 180 valence electrons. The standard InChI is InChI=1S/C27H35F2NO3/c1-3-20-19-30(16-14-23(20)18-26(31)32-4-2)15-5-17-33-27(21-6-10-24(28)11-7-21)22-8-12-25(29)13-9-22/h6-13,20,23,27H,3-5,14-19H2,1-2H3/t20-,23+/m1/s1. The topological polar surface area (TPSA) is 38.8 Å². The second-order valence-electron chi connectivity index (χ2n) is 8.73. The average Bonchev–Trinajstić information content (AvgIpc) is 2.81. The van der Waals surface area contributed by atoms with Gasteiger partial charge >= 0.3 is 5.97 Å². The zero-order valence-corrected chi connectivity index (χ0v) is 19.6. The quantitative estimate of drug-likeness (QED) is 0.316. The van der Waals surface area contributed by atoms with Crippen molar-refractivity contribution in [2.24, 2.45) is 11.8 Å². The maximum absolute atomic E-state index is 13.4. The van der Waals surface area contributed by atoms with E-state index in [-0.39, 0.29) is 23.7 Å². The Labute approximate surface area is 195 Å². The lowest BCUT2D eigenvalue weighted by Gasteiger charge is -2.38. The molecule has 0 bridgehead atoms. The lowest BCUT2D eigenvalue weighted by molar-refractivity contribution is -0.145. The number of carbonyl (C=O) groups is 1. The Morgan fingerprint density at radius 1 is 1.00 bits per heavy atom. The van der Waals surface area contributed by atoms with E-state index in [2.05, 4.69) is 11.8 Å². The summed E-state index contributed by atoms with van der Waals surface area (Å²) in [7, 11) is 0. The highest BCUT2D eigenvalue weighted by Crippen LogP contribution is 2.30. The van der Waals surface area contributed by atoms with Gasteiger partial charge in [-0.1, -0.05) is 37.6 Å². The van der Waals surface area contributed by atoms with Gasteiger partial charge in [-0.15, -0.1) is 0 Å². The minimum absolute atomic E-state index is 0.0876. The molecule has 0 unspecified atom stereocenters. The van der Waals surface area contributed by atoms with Crippen LogP contribution in [0.3, 0.4) is 0 Å². The summed E-state index contributed by atoms with van der Waals surface area (Å²) >= 11 is 0. The van der Waals surface area contributed by atoms with E-state index in [9.17, 15) is 13.6 Å². The molecule has 4 nitrogen and oxygen atoms in total. The third-order valence-electron chi connectivity index (χ3n) is 6.48. The van der Waals surface area contributed by atoms with E-state index in [1.807, 2.05) is 6.92 Å². The molecule has 0 aromatic heterocycles. The molecular weight excluding hydrogens is 424 g/mol. The van der Waals surface area contributed by atoms with Gasteiger partial charge in [0.25, 0.3) is 0 Å². The SMILES string of the molecule is CCOC(=O)C[C@@H]1CCN(CCCOC(c2ccc(F)cc2)c2ccc(F)cc2)C[C@H]1CC. The van der Waals surface area contributed by atoms with Crippen molar-refractivity contribution in [2.45, 2.75) is 45.6 Å². The van der Waals surface area contributed by atoms with Gasteiger partial charge in [0.05, 0.1) is 6.61 Å². The van der Waals surface area contributed by atoms with Crippen molar-refractivity contribution in [1.29, 1.82) is 0 Å². The molecule has 0 radical (unpaired) electrons. The van der Waals surface area contributed by atoms with Crippen LogP contribution in [0.1, 0.15) is 56.8 Å². The third-order valence-corrected chi connectivity index (χ3v) is 6.48. The van der Waals surface area contributed by atoms with Crippen molar-refractivity contribution < 1.29 is 23.0 Å². The van der Waals surface area contributed by atoms with Gasteiger partial charge in [-0.3, -0.25) is 4.79 Å². The number of nitrogens with zero attached hydrogens (tertiary/aromatic N) is 1. The van der Waals surface area contributed by atoms with E-state index >= 15 is 0 Å². The molecule has 2 aromatic carbocycles. The van der Waals surface area contributed by atoms with Crippen molar-refractivity contribution in [3.63, 3.8) is 0 Å². The van der Waals surface area contributed by atoms with Crippen LogP contribution >= 0.6 is 0 Å². The maximum atomic E-state index is 13.4. The van der Waals surface area contributed by atoms with E-state index in [0.717, 1.165) is 50.0 Å². The number of piperidine rings is 1. The number of rotatable bonds is 11. The second kappa shape index (κ2) is 12.8. The molecule has 2 atom stereocenters. The van der Waals surface area contributed by atoms with Crippen molar-refractivity contribution in [3.05, 3.63) is 71.3 Å². The zero-order chi connectivity index (χ0) is 23.6. The van der Waals surface area contributed by atoms with E-state index < -0.39 is 0 Å². The normalized spacial score (nSPS) is 19.1.